The summed E-state index contributed by atoms with van der Waals surface area (Å²) in [5.74, 6) is -1.69. The number of morpholine rings is 1. The molecule has 3 aromatic carbocycles. The van der Waals surface area contributed by atoms with Gasteiger partial charge in [0.15, 0.2) is 11.4 Å². The van der Waals surface area contributed by atoms with Crippen molar-refractivity contribution in [1.29, 1.82) is 0 Å². The Morgan fingerprint density at radius 1 is 1.03 bits per heavy atom. The van der Waals surface area contributed by atoms with Crippen LogP contribution in [0.25, 0.3) is 16.6 Å². The smallest absolute Gasteiger partial charge is 0.427 e. The normalized spacial score (nSPS) is 23.4. The third-order valence-corrected chi connectivity index (χ3v) is 17.0. The average Bonchev–Trinajstić information content (AvgIpc) is 4.11. The number of hydrogen-bond acceptors (Lipinski definition) is 14. The first-order chi connectivity index (χ1) is 34.3. The van der Waals surface area contributed by atoms with Gasteiger partial charge in [-0.3, -0.25) is 24.7 Å². The van der Waals surface area contributed by atoms with E-state index in [4.69, 9.17) is 31.5 Å². The lowest BCUT2D eigenvalue weighted by Crippen LogP contribution is -2.48. The molecule has 380 valence electrons. The molecular weight excluding hydrogens is 979 g/mol. The SMILES string of the molecule is CC1(C)CCC(CN2CCN(c3ccc(C(N)=O)c(N4C[C@@H](C(F)(F)F)Oc5nc6[nH]ccc6cc54)c3S(=O)(=O)c3cc4c(c([N+](=O)[O-])c3)N[C@H](CN3C[C@@H]5C[C@H]3CO5)CO4)CC2)=C(c2ccc(Cl)cc2)C1. The number of nitro benzene ring substituents is 1. The van der Waals surface area contributed by atoms with Crippen LogP contribution in [0, 0.1) is 15.5 Å². The number of carbonyl (C=O) groups is 1. The Morgan fingerprint density at radius 3 is 2.50 bits per heavy atom. The number of rotatable bonds is 11. The number of amides is 1. The number of halogens is 4. The van der Waals surface area contributed by atoms with Crippen molar-refractivity contribution in [2.75, 3.05) is 80.7 Å². The van der Waals surface area contributed by atoms with Gasteiger partial charge in [0.1, 0.15) is 22.8 Å². The van der Waals surface area contributed by atoms with Crippen molar-refractivity contribution >= 4 is 72.4 Å². The maximum Gasteiger partial charge on any atom is 0.427 e. The molecule has 0 unspecified atom stereocenters. The van der Waals surface area contributed by atoms with Gasteiger partial charge in [-0.25, -0.2) is 8.42 Å². The van der Waals surface area contributed by atoms with E-state index in [0.29, 0.717) is 49.7 Å². The quantitative estimate of drug-likeness (QED) is 0.0850. The van der Waals surface area contributed by atoms with Gasteiger partial charge < -0.3 is 40.0 Å². The highest BCUT2D eigenvalue weighted by molar-refractivity contribution is 7.91. The molecule has 22 heteroatoms. The lowest BCUT2D eigenvalue weighted by molar-refractivity contribution is -0.384. The van der Waals surface area contributed by atoms with Gasteiger partial charge in [0, 0.05) is 80.6 Å². The maximum atomic E-state index is 15.9. The zero-order valence-electron chi connectivity index (χ0n) is 39.5. The number of sulfone groups is 1. The highest BCUT2D eigenvalue weighted by Crippen LogP contribution is 2.51. The molecule has 4 N–H and O–H groups in total. The van der Waals surface area contributed by atoms with E-state index in [9.17, 15) is 28.1 Å². The summed E-state index contributed by atoms with van der Waals surface area (Å²) in [6.45, 7) is 7.52. The molecule has 2 aromatic heterocycles. The molecule has 3 fully saturated rings. The van der Waals surface area contributed by atoms with Crippen molar-refractivity contribution < 1.29 is 45.5 Å². The molecule has 2 bridgehead atoms. The van der Waals surface area contributed by atoms with Crippen molar-refractivity contribution in [3.8, 4) is 11.6 Å². The number of carbonyl (C=O) groups excluding carboxylic acids is 1. The van der Waals surface area contributed by atoms with Crippen molar-refractivity contribution in [2.45, 2.75) is 79.8 Å². The minimum Gasteiger partial charge on any atom is -0.489 e. The number of aromatic amines is 1. The summed E-state index contributed by atoms with van der Waals surface area (Å²) in [6, 6.07) is 15.7. The van der Waals surface area contributed by atoms with E-state index in [1.54, 1.807) is 6.07 Å². The molecular formula is C50H53ClF3N9O8S. The van der Waals surface area contributed by atoms with E-state index < -0.39 is 72.1 Å². The average molecular weight is 1030 g/mol. The fourth-order valence-electron chi connectivity index (χ4n) is 11.2. The summed E-state index contributed by atoms with van der Waals surface area (Å²) in [5, 5.41) is 17.3. The number of pyridine rings is 1. The molecule has 72 heavy (non-hydrogen) atoms. The van der Waals surface area contributed by atoms with Gasteiger partial charge in [0.25, 0.3) is 11.6 Å². The zero-order valence-corrected chi connectivity index (χ0v) is 41.1. The molecule has 1 amide bonds. The Morgan fingerprint density at radius 2 is 1.81 bits per heavy atom. The molecule has 0 radical (unpaired) electrons. The molecule has 1 aliphatic carbocycles. The first kappa shape index (κ1) is 48.2. The Labute approximate surface area is 418 Å². The number of primary amides is 1. The van der Waals surface area contributed by atoms with Crippen LogP contribution in [0.4, 0.5) is 41.6 Å². The fraction of sp³-hybridized carbons (Fsp3) is 0.440. The van der Waals surface area contributed by atoms with Gasteiger partial charge >= 0.3 is 6.18 Å². The number of nitro groups is 1. The molecule has 0 saturated carbocycles. The summed E-state index contributed by atoms with van der Waals surface area (Å²) >= 11 is 6.28. The molecule has 3 saturated heterocycles. The van der Waals surface area contributed by atoms with Crippen LogP contribution in [0.2, 0.25) is 5.02 Å². The number of H-pyrrole nitrogens is 1. The molecule has 5 aliphatic heterocycles. The van der Waals surface area contributed by atoms with Crippen LogP contribution < -0.4 is 30.3 Å². The second kappa shape index (κ2) is 18.1. The number of likely N-dealkylation sites (tertiary alicyclic amines) is 1. The van der Waals surface area contributed by atoms with E-state index in [2.05, 4.69) is 38.9 Å². The minimum atomic E-state index is -5.06. The second-order valence-corrected chi connectivity index (χ2v) is 22.7. The van der Waals surface area contributed by atoms with Crippen molar-refractivity contribution in [1.82, 2.24) is 19.8 Å². The zero-order chi connectivity index (χ0) is 50.4. The lowest BCUT2D eigenvalue weighted by atomic mass is 9.72. The van der Waals surface area contributed by atoms with Crippen molar-refractivity contribution in [2.24, 2.45) is 11.1 Å². The highest BCUT2D eigenvalue weighted by Gasteiger charge is 2.49. The summed E-state index contributed by atoms with van der Waals surface area (Å²) in [4.78, 5) is 39.4. The molecule has 17 nitrogen and oxygen atoms in total. The number of piperazine rings is 1. The van der Waals surface area contributed by atoms with Crippen LogP contribution in [0.1, 0.15) is 55.5 Å². The first-order valence-electron chi connectivity index (χ1n) is 24.0. The molecule has 7 heterocycles. The van der Waals surface area contributed by atoms with Gasteiger partial charge in [0.2, 0.25) is 21.8 Å². The Bertz CT molecular complexity index is 3140. The van der Waals surface area contributed by atoms with Gasteiger partial charge in [-0.2, -0.15) is 18.2 Å². The van der Waals surface area contributed by atoms with E-state index in [1.165, 1.54) is 41.6 Å². The standard InChI is InChI=1S/C50H53ClF3N9O8S/c1-49(2)11-9-30(37(21-49)28-3-5-31(51)6-4-28)22-59-13-15-60(16-14-59)38-8-7-36(46(55)64)44(62-25-42(50(52,53)54)71-48-40(62)17-29-10-12-56-47(29)58-48)45(38)72(67,68)35-19-39(63(65)66)43-41(20-35)70-26-32(57-43)23-61-24-34-18-33(61)27-69-34/h3-8,10,12,17,19-20,32-34,42,57H,9,11,13-16,18,21-27H2,1-2H3,(H2,55,64)(H,56,58)/t32-,33+,34+,42+/m1/s1. The number of allylic oxidation sites excluding steroid dienone is 1. The predicted molar refractivity (Wildman–Crippen MR) is 264 cm³/mol. The van der Waals surface area contributed by atoms with Crippen LogP contribution in [0.15, 0.2) is 82.2 Å². The maximum absolute atomic E-state index is 15.9. The molecule has 0 spiro atoms. The molecule has 6 aliphatic rings. The summed E-state index contributed by atoms with van der Waals surface area (Å²) in [5.41, 5.74) is 8.56. The van der Waals surface area contributed by atoms with Crippen LogP contribution in [-0.2, 0) is 14.6 Å². The van der Waals surface area contributed by atoms with Gasteiger partial charge in [0.05, 0.1) is 52.1 Å². The Hall–Kier alpha value is -6.13. The number of nitrogens with one attached hydrogen (secondary N) is 2. The van der Waals surface area contributed by atoms with Gasteiger partial charge in [-0.05, 0) is 78.6 Å². The number of fused-ring (bicyclic) bond motifs is 5. The van der Waals surface area contributed by atoms with E-state index in [0.717, 1.165) is 42.2 Å². The number of ether oxygens (including phenoxy) is 3. The Balaban J connectivity index is 1.01. The van der Waals surface area contributed by atoms with E-state index in [-0.39, 0.29) is 71.8 Å². The van der Waals surface area contributed by atoms with Crippen molar-refractivity contribution in [3.05, 3.63) is 98.7 Å². The number of nitrogens with zero attached hydrogens (tertiary/aromatic N) is 6. The number of benzene rings is 3. The van der Waals surface area contributed by atoms with Crippen molar-refractivity contribution in [3.63, 3.8) is 0 Å². The number of nitrogens with two attached hydrogens (primary N) is 1. The number of aromatic nitrogens is 2. The minimum absolute atomic E-state index is 0.00848. The number of alkyl halides is 3. The third kappa shape index (κ3) is 8.96. The number of hydrogen-bond donors (Lipinski definition) is 3. The third-order valence-electron chi connectivity index (χ3n) is 15.0. The largest absolute Gasteiger partial charge is 0.489 e. The van der Waals surface area contributed by atoms with Crippen LogP contribution in [0.3, 0.4) is 0 Å². The van der Waals surface area contributed by atoms with Gasteiger partial charge in [-0.1, -0.05) is 43.2 Å². The Kier molecular flexibility index (Phi) is 12.1. The molecule has 11 rings (SSSR count). The predicted octanol–water partition coefficient (Wildman–Crippen LogP) is 7.95. The first-order valence-corrected chi connectivity index (χ1v) is 25.9. The molecule has 5 aromatic rings. The second-order valence-electron chi connectivity index (χ2n) is 20.4. The van der Waals surface area contributed by atoms with E-state index >= 15 is 8.42 Å². The summed E-state index contributed by atoms with van der Waals surface area (Å²) < 4.78 is 93.9. The van der Waals surface area contributed by atoms with Crippen LogP contribution in [0.5, 0.6) is 11.6 Å². The molecule has 4 atom stereocenters. The van der Waals surface area contributed by atoms with E-state index in [1.807, 2.05) is 29.2 Å². The van der Waals surface area contributed by atoms with Crippen LogP contribution in [-0.4, -0.2) is 135 Å². The van der Waals surface area contributed by atoms with Gasteiger partial charge in [-0.15, -0.1) is 0 Å². The van der Waals surface area contributed by atoms with Crippen LogP contribution >= 0.6 is 11.6 Å². The lowest BCUT2D eigenvalue weighted by Gasteiger charge is -2.41. The topological polar surface area (TPSA) is 202 Å². The fourth-order valence-corrected chi connectivity index (χ4v) is 13.1. The number of anilines is 4. The summed E-state index contributed by atoms with van der Waals surface area (Å²) in [6.07, 6.45) is -2.20. The highest BCUT2D eigenvalue weighted by atomic mass is 35.5. The monoisotopic (exact) mass is 1030 g/mol. The summed E-state index contributed by atoms with van der Waals surface area (Å²) in [7, 11) is -5.06.